The van der Waals surface area contributed by atoms with Gasteiger partial charge >= 0.3 is 0 Å². The number of aryl methyl sites for hydroxylation is 1. The van der Waals surface area contributed by atoms with Crippen LogP contribution < -0.4 is 11.1 Å². The van der Waals surface area contributed by atoms with Crippen LogP contribution >= 0.6 is 0 Å². The number of rotatable bonds is 5. The molecule has 4 nitrogen and oxygen atoms in total. The Balaban J connectivity index is 2.96. The molecule has 4 N–H and O–H groups in total. The zero-order valence-electron chi connectivity index (χ0n) is 11.3. The number of benzene rings is 1. The first-order valence-corrected chi connectivity index (χ1v) is 6.30. The smallest absolute Gasteiger partial charge is 0.231 e. The SMILES string of the molecule is CCC(CC)(CN)C(=O)Nc1cc(C)ccc1O. The summed E-state index contributed by atoms with van der Waals surface area (Å²) in [5.74, 6) is -0.0528. The maximum Gasteiger partial charge on any atom is 0.231 e. The van der Waals surface area contributed by atoms with Crippen LogP contribution in [0.4, 0.5) is 5.69 Å². The van der Waals surface area contributed by atoms with Crippen LogP contribution in [0.2, 0.25) is 0 Å². The molecule has 1 aromatic carbocycles. The van der Waals surface area contributed by atoms with E-state index < -0.39 is 5.41 Å². The molecule has 0 fully saturated rings. The summed E-state index contributed by atoms with van der Waals surface area (Å²) in [7, 11) is 0. The zero-order valence-corrected chi connectivity index (χ0v) is 11.3. The van der Waals surface area contributed by atoms with E-state index in [1.54, 1.807) is 18.2 Å². The van der Waals surface area contributed by atoms with Crippen LogP contribution in [-0.2, 0) is 4.79 Å². The van der Waals surface area contributed by atoms with E-state index in [0.717, 1.165) is 5.56 Å². The monoisotopic (exact) mass is 250 g/mol. The van der Waals surface area contributed by atoms with E-state index in [1.165, 1.54) is 0 Å². The number of amides is 1. The third-order valence-electron chi connectivity index (χ3n) is 3.63. The number of phenolic OH excluding ortho intramolecular Hbond substituents is 1. The Morgan fingerprint density at radius 3 is 2.50 bits per heavy atom. The van der Waals surface area contributed by atoms with E-state index in [1.807, 2.05) is 20.8 Å². The molecule has 0 aromatic heterocycles. The number of nitrogens with two attached hydrogens (primary N) is 1. The summed E-state index contributed by atoms with van der Waals surface area (Å²) in [5, 5.41) is 12.5. The lowest BCUT2D eigenvalue weighted by molar-refractivity contribution is -0.125. The summed E-state index contributed by atoms with van der Waals surface area (Å²) in [6.45, 7) is 6.11. The lowest BCUT2D eigenvalue weighted by Gasteiger charge is -2.28. The standard InChI is InChI=1S/C14H22N2O2/c1-4-14(5-2,9-15)13(18)16-11-8-10(3)6-7-12(11)17/h6-8,17H,4-5,9,15H2,1-3H3,(H,16,18). The topological polar surface area (TPSA) is 75.4 Å². The van der Waals surface area contributed by atoms with Gasteiger partial charge in [-0.25, -0.2) is 0 Å². The quantitative estimate of drug-likeness (QED) is 0.702. The Bertz CT molecular complexity index is 418. The molecule has 1 aromatic rings. The van der Waals surface area contributed by atoms with Gasteiger partial charge in [-0.1, -0.05) is 19.9 Å². The van der Waals surface area contributed by atoms with Crippen molar-refractivity contribution in [2.45, 2.75) is 33.6 Å². The van der Waals surface area contributed by atoms with Crippen molar-refractivity contribution in [1.82, 2.24) is 0 Å². The highest BCUT2D eigenvalue weighted by Crippen LogP contribution is 2.30. The second kappa shape index (κ2) is 5.87. The fourth-order valence-corrected chi connectivity index (χ4v) is 1.96. The fraction of sp³-hybridized carbons (Fsp3) is 0.500. The molecule has 0 saturated carbocycles. The first-order chi connectivity index (χ1) is 8.49. The summed E-state index contributed by atoms with van der Waals surface area (Å²) in [5.41, 5.74) is 6.59. The third-order valence-corrected chi connectivity index (χ3v) is 3.63. The molecule has 0 radical (unpaired) electrons. The van der Waals surface area contributed by atoms with Gasteiger partial charge in [-0.15, -0.1) is 0 Å². The zero-order chi connectivity index (χ0) is 13.8. The minimum atomic E-state index is -0.559. The van der Waals surface area contributed by atoms with E-state index >= 15 is 0 Å². The summed E-state index contributed by atoms with van der Waals surface area (Å²) in [6, 6.07) is 5.12. The number of phenols is 1. The van der Waals surface area contributed by atoms with Gasteiger partial charge in [0.1, 0.15) is 5.75 Å². The maximum absolute atomic E-state index is 12.3. The molecule has 18 heavy (non-hydrogen) atoms. The van der Waals surface area contributed by atoms with Crippen LogP contribution in [0.5, 0.6) is 5.75 Å². The van der Waals surface area contributed by atoms with Crippen molar-refractivity contribution in [2.75, 3.05) is 11.9 Å². The van der Waals surface area contributed by atoms with Crippen molar-refractivity contribution >= 4 is 11.6 Å². The average Bonchev–Trinajstić information content (AvgIpc) is 2.37. The van der Waals surface area contributed by atoms with Crippen LogP contribution in [0, 0.1) is 12.3 Å². The molecule has 1 amide bonds. The molecule has 0 saturated heterocycles. The normalized spacial score (nSPS) is 11.3. The van der Waals surface area contributed by atoms with Crippen molar-refractivity contribution in [3.05, 3.63) is 23.8 Å². The van der Waals surface area contributed by atoms with Crippen LogP contribution in [0.3, 0.4) is 0 Å². The van der Waals surface area contributed by atoms with Crippen molar-refractivity contribution in [2.24, 2.45) is 11.1 Å². The van der Waals surface area contributed by atoms with Crippen molar-refractivity contribution in [3.8, 4) is 5.75 Å². The number of carbonyl (C=O) groups excluding carboxylic acids is 1. The average molecular weight is 250 g/mol. The van der Waals surface area contributed by atoms with Crippen LogP contribution in [-0.4, -0.2) is 17.6 Å². The molecular weight excluding hydrogens is 228 g/mol. The Morgan fingerprint density at radius 1 is 1.39 bits per heavy atom. The van der Waals surface area contributed by atoms with Crippen LogP contribution in [0.1, 0.15) is 32.3 Å². The highest BCUT2D eigenvalue weighted by Gasteiger charge is 2.33. The summed E-state index contributed by atoms with van der Waals surface area (Å²) < 4.78 is 0. The molecule has 0 heterocycles. The third kappa shape index (κ3) is 2.82. The van der Waals surface area contributed by atoms with Gasteiger partial charge in [-0.3, -0.25) is 4.79 Å². The molecule has 0 bridgehead atoms. The molecule has 1 rings (SSSR count). The molecule has 0 aliphatic heterocycles. The number of anilines is 1. The minimum Gasteiger partial charge on any atom is -0.506 e. The second-order valence-electron chi connectivity index (χ2n) is 4.67. The van der Waals surface area contributed by atoms with E-state index in [2.05, 4.69) is 5.32 Å². The van der Waals surface area contributed by atoms with Crippen molar-refractivity contribution < 1.29 is 9.90 Å². The van der Waals surface area contributed by atoms with E-state index in [-0.39, 0.29) is 11.7 Å². The first-order valence-electron chi connectivity index (χ1n) is 6.30. The molecule has 0 spiro atoms. The van der Waals surface area contributed by atoms with Crippen molar-refractivity contribution in [1.29, 1.82) is 0 Å². The predicted octanol–water partition coefficient (Wildman–Crippen LogP) is 2.40. The molecule has 0 aliphatic carbocycles. The van der Waals surface area contributed by atoms with E-state index in [4.69, 9.17) is 5.73 Å². The van der Waals surface area contributed by atoms with Crippen molar-refractivity contribution in [3.63, 3.8) is 0 Å². The van der Waals surface area contributed by atoms with Crippen LogP contribution in [0.15, 0.2) is 18.2 Å². The maximum atomic E-state index is 12.3. The van der Waals surface area contributed by atoms with E-state index in [0.29, 0.717) is 25.1 Å². The Morgan fingerprint density at radius 2 is 2.00 bits per heavy atom. The molecule has 0 aliphatic rings. The van der Waals surface area contributed by atoms with Gasteiger partial charge in [0.2, 0.25) is 5.91 Å². The van der Waals surface area contributed by atoms with Gasteiger partial charge in [-0.05, 0) is 37.5 Å². The number of hydrogen-bond acceptors (Lipinski definition) is 3. The second-order valence-corrected chi connectivity index (χ2v) is 4.67. The van der Waals surface area contributed by atoms with Gasteiger partial charge < -0.3 is 16.2 Å². The van der Waals surface area contributed by atoms with Gasteiger partial charge in [0.25, 0.3) is 0 Å². The summed E-state index contributed by atoms with van der Waals surface area (Å²) in [6.07, 6.45) is 1.36. The first kappa shape index (κ1) is 14.5. The largest absolute Gasteiger partial charge is 0.506 e. The molecule has 4 heteroatoms. The Hall–Kier alpha value is -1.55. The number of nitrogens with one attached hydrogen (secondary N) is 1. The lowest BCUT2D eigenvalue weighted by atomic mass is 9.81. The number of hydrogen-bond donors (Lipinski definition) is 3. The Kier molecular flexibility index (Phi) is 4.73. The van der Waals surface area contributed by atoms with Gasteiger partial charge in [0, 0.05) is 6.54 Å². The molecule has 0 atom stereocenters. The molecular formula is C14H22N2O2. The number of aromatic hydroxyl groups is 1. The Labute approximate surface area is 108 Å². The number of carbonyl (C=O) groups is 1. The van der Waals surface area contributed by atoms with Gasteiger partial charge in [0.05, 0.1) is 11.1 Å². The summed E-state index contributed by atoms with van der Waals surface area (Å²) in [4.78, 5) is 12.3. The highest BCUT2D eigenvalue weighted by molar-refractivity contribution is 5.96. The lowest BCUT2D eigenvalue weighted by Crippen LogP contribution is -2.41. The van der Waals surface area contributed by atoms with Gasteiger partial charge in [-0.2, -0.15) is 0 Å². The van der Waals surface area contributed by atoms with E-state index in [9.17, 15) is 9.90 Å². The minimum absolute atomic E-state index is 0.0760. The van der Waals surface area contributed by atoms with Gasteiger partial charge in [0.15, 0.2) is 0 Å². The van der Waals surface area contributed by atoms with Crippen LogP contribution in [0.25, 0.3) is 0 Å². The predicted molar refractivity (Wildman–Crippen MR) is 73.5 cm³/mol. The molecule has 0 unspecified atom stereocenters. The highest BCUT2D eigenvalue weighted by atomic mass is 16.3. The molecule has 100 valence electrons. The summed E-state index contributed by atoms with van der Waals surface area (Å²) >= 11 is 0. The fourth-order valence-electron chi connectivity index (χ4n) is 1.96.